The molecule has 0 aliphatic rings. The first kappa shape index (κ1) is 21.4. The zero-order valence-corrected chi connectivity index (χ0v) is 16.6. The molecule has 0 saturated heterocycles. The van der Waals surface area contributed by atoms with Crippen molar-refractivity contribution in [3.05, 3.63) is 75.4 Å². The van der Waals surface area contributed by atoms with Gasteiger partial charge in [-0.3, -0.25) is 0 Å². The van der Waals surface area contributed by atoms with Crippen LogP contribution >= 0.6 is 23.2 Å². The molecule has 0 spiro atoms. The lowest BCUT2D eigenvalue weighted by atomic mass is 10.1. The number of alkyl halides is 3. The van der Waals surface area contributed by atoms with Crippen LogP contribution in [0.2, 0.25) is 10.0 Å². The van der Waals surface area contributed by atoms with Crippen LogP contribution in [0.15, 0.2) is 48.5 Å². The third kappa shape index (κ3) is 5.59. The van der Waals surface area contributed by atoms with Gasteiger partial charge < -0.3 is 11.1 Å². The van der Waals surface area contributed by atoms with Crippen LogP contribution < -0.4 is 11.1 Å². The molecule has 0 atom stereocenters. The topological polar surface area (TPSA) is 63.8 Å². The predicted octanol–water partition coefficient (Wildman–Crippen LogP) is 5.58. The Morgan fingerprint density at radius 3 is 2.31 bits per heavy atom. The quantitative estimate of drug-likeness (QED) is 0.524. The van der Waals surface area contributed by atoms with E-state index in [4.69, 9.17) is 28.9 Å². The summed E-state index contributed by atoms with van der Waals surface area (Å²) in [6.45, 7) is 0.676. The van der Waals surface area contributed by atoms with Crippen molar-refractivity contribution in [2.24, 2.45) is 5.73 Å². The summed E-state index contributed by atoms with van der Waals surface area (Å²) in [4.78, 5) is 8.72. The fourth-order valence-electron chi connectivity index (χ4n) is 2.69. The first-order chi connectivity index (χ1) is 13.8. The van der Waals surface area contributed by atoms with Crippen molar-refractivity contribution in [2.75, 3.05) is 11.9 Å². The summed E-state index contributed by atoms with van der Waals surface area (Å²) < 4.78 is 38.3. The smallest absolute Gasteiger partial charge is 0.354 e. The fraction of sp³-hybridized carbons (Fsp3) is 0.200. The van der Waals surface area contributed by atoms with Gasteiger partial charge in [-0.15, -0.1) is 0 Å². The number of nitrogens with one attached hydrogen (secondary N) is 1. The van der Waals surface area contributed by atoms with E-state index >= 15 is 0 Å². The highest BCUT2D eigenvalue weighted by Gasteiger charge is 2.30. The van der Waals surface area contributed by atoms with Gasteiger partial charge in [-0.1, -0.05) is 41.4 Å². The second-order valence-electron chi connectivity index (χ2n) is 6.26. The molecule has 0 radical (unpaired) electrons. The molecule has 1 heterocycles. The Balaban J connectivity index is 1.76. The van der Waals surface area contributed by atoms with Gasteiger partial charge in [0.25, 0.3) is 0 Å². The standard InChI is InChI=1S/C20H17Cl2F3N4/c21-15-6-3-12(17(22)9-15)7-8-27-19-28-16(11-26)10-18(29-19)13-1-4-14(5-2-13)20(23,24)25/h1-6,9-10H,7-8,11,26H2,(H,27,28,29). The Morgan fingerprint density at radius 2 is 1.69 bits per heavy atom. The van der Waals surface area contributed by atoms with Crippen LogP contribution in [0.3, 0.4) is 0 Å². The van der Waals surface area contributed by atoms with Gasteiger partial charge in [0, 0.05) is 28.7 Å². The number of anilines is 1. The number of nitrogens with two attached hydrogens (primary N) is 1. The molecule has 0 saturated carbocycles. The van der Waals surface area contributed by atoms with E-state index in [1.165, 1.54) is 12.1 Å². The van der Waals surface area contributed by atoms with Crippen LogP contribution in [0.5, 0.6) is 0 Å². The van der Waals surface area contributed by atoms with Gasteiger partial charge >= 0.3 is 6.18 Å². The molecular weight excluding hydrogens is 424 g/mol. The zero-order chi connectivity index (χ0) is 21.0. The third-order valence-electron chi connectivity index (χ3n) is 4.19. The fourth-order valence-corrected chi connectivity index (χ4v) is 3.20. The Hall–Kier alpha value is -2.35. The summed E-state index contributed by atoms with van der Waals surface area (Å²) >= 11 is 12.1. The van der Waals surface area contributed by atoms with E-state index in [-0.39, 0.29) is 6.54 Å². The van der Waals surface area contributed by atoms with Gasteiger partial charge in [-0.05, 0) is 42.3 Å². The molecule has 0 amide bonds. The number of hydrogen-bond acceptors (Lipinski definition) is 4. The molecule has 0 aliphatic carbocycles. The van der Waals surface area contributed by atoms with Crippen molar-refractivity contribution in [3.63, 3.8) is 0 Å². The second-order valence-corrected chi connectivity index (χ2v) is 7.10. The second kappa shape index (κ2) is 8.98. The highest BCUT2D eigenvalue weighted by atomic mass is 35.5. The predicted molar refractivity (Wildman–Crippen MR) is 109 cm³/mol. The summed E-state index contributed by atoms with van der Waals surface area (Å²) in [5, 5.41) is 4.24. The van der Waals surface area contributed by atoms with Crippen LogP contribution in [0.4, 0.5) is 19.1 Å². The highest BCUT2D eigenvalue weighted by molar-refractivity contribution is 6.35. The molecule has 0 bridgehead atoms. The monoisotopic (exact) mass is 440 g/mol. The molecule has 9 heteroatoms. The largest absolute Gasteiger partial charge is 0.416 e. The third-order valence-corrected chi connectivity index (χ3v) is 4.78. The summed E-state index contributed by atoms with van der Waals surface area (Å²) in [5.74, 6) is 0.341. The van der Waals surface area contributed by atoms with Crippen molar-refractivity contribution in [3.8, 4) is 11.3 Å². The molecule has 4 nitrogen and oxygen atoms in total. The van der Waals surface area contributed by atoms with Crippen molar-refractivity contribution in [1.82, 2.24) is 9.97 Å². The lowest BCUT2D eigenvalue weighted by Gasteiger charge is -2.11. The molecule has 152 valence electrons. The van der Waals surface area contributed by atoms with Gasteiger partial charge in [0.15, 0.2) is 0 Å². The maximum absolute atomic E-state index is 12.8. The number of hydrogen-bond donors (Lipinski definition) is 2. The molecule has 2 aromatic carbocycles. The summed E-state index contributed by atoms with van der Waals surface area (Å²) in [6.07, 6.45) is -3.77. The van der Waals surface area contributed by atoms with Gasteiger partial charge in [0.05, 0.1) is 17.0 Å². The van der Waals surface area contributed by atoms with E-state index in [1.54, 1.807) is 18.2 Å². The summed E-state index contributed by atoms with van der Waals surface area (Å²) in [6, 6.07) is 11.7. The molecule has 0 aliphatic heterocycles. The molecule has 3 N–H and O–H groups in total. The van der Waals surface area contributed by atoms with Crippen LogP contribution in [-0.2, 0) is 19.1 Å². The zero-order valence-electron chi connectivity index (χ0n) is 15.1. The van der Waals surface area contributed by atoms with Gasteiger partial charge in [0.2, 0.25) is 5.95 Å². The molecule has 29 heavy (non-hydrogen) atoms. The minimum Gasteiger partial charge on any atom is -0.354 e. The molecule has 3 rings (SSSR count). The van der Waals surface area contributed by atoms with Crippen LogP contribution in [-0.4, -0.2) is 16.5 Å². The number of benzene rings is 2. The number of rotatable bonds is 6. The van der Waals surface area contributed by atoms with E-state index in [2.05, 4.69) is 15.3 Å². The van der Waals surface area contributed by atoms with Gasteiger partial charge in [-0.25, -0.2) is 9.97 Å². The number of aromatic nitrogens is 2. The Kier molecular flexibility index (Phi) is 6.62. The molecule has 3 aromatic rings. The van der Waals surface area contributed by atoms with Gasteiger partial charge in [0.1, 0.15) is 0 Å². The van der Waals surface area contributed by atoms with E-state index in [1.807, 2.05) is 6.07 Å². The molecular formula is C20H17Cl2F3N4. The van der Waals surface area contributed by atoms with Gasteiger partial charge in [-0.2, -0.15) is 13.2 Å². The Bertz CT molecular complexity index is 992. The lowest BCUT2D eigenvalue weighted by Crippen LogP contribution is -2.11. The summed E-state index contributed by atoms with van der Waals surface area (Å²) in [5.41, 5.74) is 7.51. The van der Waals surface area contributed by atoms with E-state index in [0.717, 1.165) is 17.7 Å². The summed E-state index contributed by atoms with van der Waals surface area (Å²) in [7, 11) is 0. The number of halogens is 5. The van der Waals surface area contributed by atoms with Crippen LogP contribution in [0.25, 0.3) is 11.3 Å². The number of nitrogens with zero attached hydrogens (tertiary/aromatic N) is 2. The SMILES string of the molecule is NCc1cc(-c2ccc(C(F)(F)F)cc2)nc(NCCc2ccc(Cl)cc2Cl)n1. The van der Waals surface area contributed by atoms with E-state index in [0.29, 0.717) is 45.9 Å². The average molecular weight is 441 g/mol. The van der Waals surface area contributed by atoms with Crippen molar-refractivity contribution in [2.45, 2.75) is 19.1 Å². The minimum atomic E-state index is -4.39. The first-order valence-corrected chi connectivity index (χ1v) is 9.45. The Labute approximate surface area is 175 Å². The molecule has 1 aromatic heterocycles. The Morgan fingerprint density at radius 1 is 0.966 bits per heavy atom. The van der Waals surface area contributed by atoms with Crippen LogP contribution in [0, 0.1) is 0 Å². The average Bonchev–Trinajstić information content (AvgIpc) is 2.69. The lowest BCUT2D eigenvalue weighted by molar-refractivity contribution is -0.137. The first-order valence-electron chi connectivity index (χ1n) is 8.69. The van der Waals surface area contributed by atoms with Crippen molar-refractivity contribution >= 4 is 29.2 Å². The molecule has 0 fully saturated rings. The van der Waals surface area contributed by atoms with Crippen molar-refractivity contribution in [1.29, 1.82) is 0 Å². The maximum Gasteiger partial charge on any atom is 0.416 e. The van der Waals surface area contributed by atoms with E-state index < -0.39 is 11.7 Å². The minimum absolute atomic E-state index is 0.174. The van der Waals surface area contributed by atoms with Crippen LogP contribution in [0.1, 0.15) is 16.8 Å². The highest BCUT2D eigenvalue weighted by Crippen LogP contribution is 2.31. The normalized spacial score (nSPS) is 11.5. The van der Waals surface area contributed by atoms with Crippen molar-refractivity contribution < 1.29 is 13.2 Å². The maximum atomic E-state index is 12.8. The van der Waals surface area contributed by atoms with E-state index in [9.17, 15) is 13.2 Å². The molecule has 0 unspecified atom stereocenters.